The first kappa shape index (κ1) is 19.0. The van der Waals surface area contributed by atoms with E-state index in [4.69, 9.17) is 4.74 Å². The Labute approximate surface area is 172 Å². The molecule has 0 atom stereocenters. The zero-order valence-corrected chi connectivity index (χ0v) is 16.4. The Morgan fingerprint density at radius 1 is 0.483 bits per heavy atom. The summed E-state index contributed by atoms with van der Waals surface area (Å²) >= 11 is 0. The van der Waals surface area contributed by atoms with Crippen molar-refractivity contribution >= 4 is 0 Å². The summed E-state index contributed by atoms with van der Waals surface area (Å²) in [6.07, 6.45) is 0. The third-order valence-corrected chi connectivity index (χ3v) is 4.89. The van der Waals surface area contributed by atoms with Crippen molar-refractivity contribution < 1.29 is 4.74 Å². The highest BCUT2D eigenvalue weighted by Gasteiger charge is 2.00. The van der Waals surface area contributed by atoms with Crippen molar-refractivity contribution in [3.05, 3.63) is 126 Å². The molecule has 0 amide bonds. The molecule has 0 saturated carbocycles. The van der Waals surface area contributed by atoms with Gasteiger partial charge in [0, 0.05) is 13.1 Å². The predicted octanol–water partition coefficient (Wildman–Crippen LogP) is 6.22. The van der Waals surface area contributed by atoms with E-state index in [-0.39, 0.29) is 0 Å². The lowest BCUT2D eigenvalue weighted by atomic mass is 10.0. The van der Waals surface area contributed by atoms with Crippen molar-refractivity contribution in [3.63, 3.8) is 0 Å². The summed E-state index contributed by atoms with van der Waals surface area (Å²) in [6.45, 7) is 2.29. The molecule has 0 unspecified atom stereocenters. The molecule has 0 saturated heterocycles. The number of rotatable bonds is 8. The fourth-order valence-corrected chi connectivity index (χ4v) is 3.23. The van der Waals surface area contributed by atoms with E-state index >= 15 is 0 Å². The molecule has 4 aromatic carbocycles. The van der Waals surface area contributed by atoms with Gasteiger partial charge in [0.2, 0.25) is 0 Å². The van der Waals surface area contributed by atoms with E-state index in [1.54, 1.807) is 0 Å². The molecular weight excluding hydrogens is 354 g/mol. The van der Waals surface area contributed by atoms with E-state index in [9.17, 15) is 0 Å². The number of hydrogen-bond donors (Lipinski definition) is 1. The van der Waals surface area contributed by atoms with Crippen LogP contribution in [0.4, 0.5) is 0 Å². The number of para-hydroxylation sites is 1. The van der Waals surface area contributed by atoms with Crippen LogP contribution < -0.4 is 10.1 Å². The van der Waals surface area contributed by atoms with Crippen molar-refractivity contribution in [1.82, 2.24) is 5.32 Å². The Morgan fingerprint density at radius 2 is 0.966 bits per heavy atom. The average molecular weight is 380 g/mol. The average Bonchev–Trinajstić information content (AvgIpc) is 2.80. The molecule has 0 bridgehead atoms. The number of nitrogens with one attached hydrogen (secondary N) is 1. The molecule has 0 spiro atoms. The molecule has 0 aliphatic carbocycles. The number of hydrogen-bond acceptors (Lipinski definition) is 2. The normalized spacial score (nSPS) is 10.6. The van der Waals surface area contributed by atoms with Crippen LogP contribution in [-0.2, 0) is 19.7 Å². The molecular formula is C27H25NO. The summed E-state index contributed by atoms with van der Waals surface area (Å²) in [5.41, 5.74) is 6.24. The summed E-state index contributed by atoms with van der Waals surface area (Å²) in [4.78, 5) is 0. The first-order valence-electron chi connectivity index (χ1n) is 9.97. The van der Waals surface area contributed by atoms with Gasteiger partial charge in [-0.15, -0.1) is 0 Å². The topological polar surface area (TPSA) is 21.3 Å². The zero-order valence-electron chi connectivity index (χ0n) is 16.4. The van der Waals surface area contributed by atoms with Gasteiger partial charge in [0.15, 0.2) is 0 Å². The van der Waals surface area contributed by atoms with Gasteiger partial charge in [-0.2, -0.15) is 0 Å². The summed E-state index contributed by atoms with van der Waals surface area (Å²) in [7, 11) is 0. The highest BCUT2D eigenvalue weighted by Crippen LogP contribution is 2.19. The molecule has 0 radical (unpaired) electrons. The maximum atomic E-state index is 5.80. The molecule has 0 aromatic heterocycles. The van der Waals surface area contributed by atoms with Gasteiger partial charge in [0.1, 0.15) is 12.4 Å². The van der Waals surface area contributed by atoms with E-state index in [0.717, 1.165) is 18.8 Å². The molecule has 0 heterocycles. The fourth-order valence-electron chi connectivity index (χ4n) is 3.23. The lowest BCUT2D eigenvalue weighted by molar-refractivity contribution is 0.306. The second kappa shape index (κ2) is 9.72. The summed E-state index contributed by atoms with van der Waals surface area (Å²) < 4.78 is 5.80. The van der Waals surface area contributed by atoms with Crippen LogP contribution in [0.25, 0.3) is 11.1 Å². The van der Waals surface area contributed by atoms with Crippen molar-refractivity contribution in [1.29, 1.82) is 0 Å². The van der Waals surface area contributed by atoms with Gasteiger partial charge in [-0.3, -0.25) is 0 Å². The second-order valence-corrected chi connectivity index (χ2v) is 7.08. The molecule has 4 rings (SSSR count). The van der Waals surface area contributed by atoms with Crippen molar-refractivity contribution in [2.45, 2.75) is 19.7 Å². The molecule has 4 aromatic rings. The smallest absolute Gasteiger partial charge is 0.119 e. The summed E-state index contributed by atoms with van der Waals surface area (Å²) in [5.74, 6) is 0.900. The highest BCUT2D eigenvalue weighted by molar-refractivity contribution is 5.63. The molecule has 0 aliphatic rings. The monoisotopic (exact) mass is 379 g/mol. The Hall–Kier alpha value is -3.36. The molecule has 144 valence electrons. The third kappa shape index (κ3) is 5.56. The van der Waals surface area contributed by atoms with Crippen LogP contribution in [-0.4, -0.2) is 0 Å². The number of ether oxygens (including phenoxy) is 1. The molecule has 29 heavy (non-hydrogen) atoms. The fraction of sp³-hybridized carbons (Fsp3) is 0.111. The summed E-state index contributed by atoms with van der Waals surface area (Å²) in [6, 6.07) is 37.7. The maximum Gasteiger partial charge on any atom is 0.119 e. The lowest BCUT2D eigenvalue weighted by Gasteiger charge is -2.09. The zero-order chi connectivity index (χ0) is 19.7. The molecule has 0 fully saturated rings. The Morgan fingerprint density at radius 3 is 1.59 bits per heavy atom. The van der Waals surface area contributed by atoms with Gasteiger partial charge in [0.25, 0.3) is 0 Å². The van der Waals surface area contributed by atoms with Crippen LogP contribution >= 0.6 is 0 Å². The van der Waals surface area contributed by atoms with E-state index in [2.05, 4.69) is 78.1 Å². The van der Waals surface area contributed by atoms with Gasteiger partial charge in [-0.1, -0.05) is 97.1 Å². The van der Waals surface area contributed by atoms with Crippen LogP contribution in [0, 0.1) is 0 Å². The minimum Gasteiger partial charge on any atom is -0.489 e. The Balaban J connectivity index is 1.24. The van der Waals surface area contributed by atoms with Gasteiger partial charge in [0.05, 0.1) is 0 Å². The third-order valence-electron chi connectivity index (χ3n) is 4.89. The largest absolute Gasteiger partial charge is 0.489 e. The first-order valence-corrected chi connectivity index (χ1v) is 9.97. The molecule has 1 N–H and O–H groups in total. The van der Waals surface area contributed by atoms with Crippen molar-refractivity contribution in [3.8, 4) is 16.9 Å². The van der Waals surface area contributed by atoms with Crippen molar-refractivity contribution in [2.24, 2.45) is 0 Å². The Bertz CT molecular complexity index is 994. The highest BCUT2D eigenvalue weighted by atomic mass is 16.5. The first-order chi connectivity index (χ1) is 14.4. The minimum absolute atomic E-state index is 0.589. The summed E-state index contributed by atoms with van der Waals surface area (Å²) in [5, 5.41) is 3.52. The lowest BCUT2D eigenvalue weighted by Crippen LogP contribution is -2.12. The van der Waals surface area contributed by atoms with E-state index < -0.39 is 0 Å². The quantitative estimate of drug-likeness (QED) is 0.392. The van der Waals surface area contributed by atoms with Crippen LogP contribution in [0.1, 0.15) is 16.7 Å². The van der Waals surface area contributed by atoms with E-state index in [0.29, 0.717) is 6.61 Å². The van der Waals surface area contributed by atoms with E-state index in [1.165, 1.54) is 27.8 Å². The van der Waals surface area contributed by atoms with Crippen LogP contribution in [0.15, 0.2) is 109 Å². The van der Waals surface area contributed by atoms with Crippen LogP contribution in [0.3, 0.4) is 0 Å². The predicted molar refractivity (Wildman–Crippen MR) is 120 cm³/mol. The minimum atomic E-state index is 0.589. The number of benzene rings is 4. The van der Waals surface area contributed by atoms with Gasteiger partial charge >= 0.3 is 0 Å². The van der Waals surface area contributed by atoms with E-state index in [1.807, 2.05) is 36.4 Å². The Kier molecular flexibility index (Phi) is 6.36. The molecule has 2 nitrogen and oxygen atoms in total. The van der Waals surface area contributed by atoms with Gasteiger partial charge < -0.3 is 10.1 Å². The van der Waals surface area contributed by atoms with Crippen LogP contribution in [0.2, 0.25) is 0 Å². The van der Waals surface area contributed by atoms with Crippen LogP contribution in [0.5, 0.6) is 5.75 Å². The standard InChI is InChI=1S/C27H25NO/c1-3-7-25(8-4-1)26-17-15-23(16-18-26)20-28-19-22-11-13-24(14-12-22)21-29-27-9-5-2-6-10-27/h1-18,28H,19-21H2. The van der Waals surface area contributed by atoms with Gasteiger partial charge in [-0.25, -0.2) is 0 Å². The second-order valence-electron chi connectivity index (χ2n) is 7.08. The maximum absolute atomic E-state index is 5.80. The van der Waals surface area contributed by atoms with Crippen molar-refractivity contribution in [2.75, 3.05) is 0 Å². The van der Waals surface area contributed by atoms with Gasteiger partial charge in [-0.05, 0) is 39.9 Å². The molecule has 2 heteroatoms. The molecule has 0 aliphatic heterocycles. The SMILES string of the molecule is c1ccc(OCc2ccc(CNCc3ccc(-c4ccccc4)cc3)cc2)cc1.